The molecule has 1 aromatic heterocycles. The van der Waals surface area contributed by atoms with Crippen LogP contribution in [0, 0.1) is 0 Å². The fourth-order valence-corrected chi connectivity index (χ4v) is 5.38. The number of sulfonamides is 1. The van der Waals surface area contributed by atoms with Gasteiger partial charge in [0.1, 0.15) is 11.6 Å². The number of aromatic nitrogens is 3. The first kappa shape index (κ1) is 24.9. The third kappa shape index (κ3) is 5.88. The molecule has 10 heteroatoms. The second-order valence-corrected chi connectivity index (χ2v) is 10.7. The molecule has 0 bridgehead atoms. The van der Waals surface area contributed by atoms with Crippen molar-refractivity contribution in [3.8, 4) is 17.1 Å². The molecule has 2 aromatic carbocycles. The molecule has 1 amide bonds. The van der Waals surface area contributed by atoms with Crippen molar-refractivity contribution >= 4 is 21.6 Å². The summed E-state index contributed by atoms with van der Waals surface area (Å²) in [5, 5.41) is 11.7. The van der Waals surface area contributed by atoms with Crippen LogP contribution in [-0.4, -0.2) is 54.1 Å². The number of nitrogens with zero attached hydrogens (tertiary/aromatic N) is 4. The number of benzene rings is 2. The van der Waals surface area contributed by atoms with Crippen molar-refractivity contribution in [1.29, 1.82) is 0 Å². The fraction of sp³-hybridized carbons (Fsp3) is 0.400. The van der Waals surface area contributed by atoms with E-state index in [1.54, 1.807) is 12.1 Å². The average Bonchev–Trinajstić information content (AvgIpc) is 3.12. The molecule has 1 aliphatic heterocycles. The van der Waals surface area contributed by atoms with Crippen molar-refractivity contribution < 1.29 is 17.9 Å². The summed E-state index contributed by atoms with van der Waals surface area (Å²) in [7, 11) is -0.587. The van der Waals surface area contributed by atoms with Crippen molar-refractivity contribution in [2.45, 2.75) is 50.0 Å². The smallest absolute Gasteiger partial charge is 0.242 e. The largest absolute Gasteiger partial charge is 0.497 e. The normalized spacial score (nSPS) is 13.8. The molecule has 2 heterocycles. The number of amides is 1. The van der Waals surface area contributed by atoms with Crippen molar-refractivity contribution in [1.82, 2.24) is 19.1 Å². The summed E-state index contributed by atoms with van der Waals surface area (Å²) in [6.07, 6.45) is 4.96. The molecule has 0 saturated heterocycles. The monoisotopic (exact) mass is 497 g/mol. The fourth-order valence-electron chi connectivity index (χ4n) is 4.17. The summed E-state index contributed by atoms with van der Waals surface area (Å²) in [6, 6.07) is 13.8. The Balaban J connectivity index is 1.33. The van der Waals surface area contributed by atoms with Gasteiger partial charge < -0.3 is 14.6 Å². The number of ether oxygens (including phenoxy) is 1. The van der Waals surface area contributed by atoms with Gasteiger partial charge in [-0.2, -0.15) is 0 Å². The number of carbonyl (C=O) groups excluding carboxylic acids is 1. The Morgan fingerprint density at radius 1 is 1.11 bits per heavy atom. The van der Waals surface area contributed by atoms with Crippen LogP contribution in [0.2, 0.25) is 0 Å². The van der Waals surface area contributed by atoms with Crippen LogP contribution in [0.15, 0.2) is 53.4 Å². The second kappa shape index (κ2) is 11.0. The summed E-state index contributed by atoms with van der Waals surface area (Å²) in [5.41, 5.74) is 1.59. The molecular weight excluding hydrogens is 466 g/mol. The highest BCUT2D eigenvalue weighted by Gasteiger charge is 2.21. The van der Waals surface area contributed by atoms with Crippen LogP contribution in [0.4, 0.5) is 5.69 Å². The van der Waals surface area contributed by atoms with Gasteiger partial charge in [-0.05, 0) is 55.7 Å². The van der Waals surface area contributed by atoms with Gasteiger partial charge in [-0.1, -0.05) is 18.6 Å². The average molecular weight is 498 g/mol. The van der Waals surface area contributed by atoms with E-state index >= 15 is 0 Å². The minimum atomic E-state index is -3.63. The molecule has 1 aliphatic rings. The summed E-state index contributed by atoms with van der Waals surface area (Å²) in [5.74, 6) is 2.26. The van der Waals surface area contributed by atoms with Crippen LogP contribution in [0.5, 0.6) is 5.75 Å². The maximum atomic E-state index is 12.7. The molecule has 4 rings (SSSR count). The molecule has 186 valence electrons. The number of hydrogen-bond acceptors (Lipinski definition) is 6. The highest BCUT2D eigenvalue weighted by atomic mass is 32.2. The molecule has 0 aliphatic carbocycles. The van der Waals surface area contributed by atoms with E-state index in [4.69, 9.17) is 4.74 Å². The van der Waals surface area contributed by atoms with E-state index < -0.39 is 10.0 Å². The number of nitrogens with one attached hydrogen (secondary N) is 1. The van der Waals surface area contributed by atoms with E-state index in [-0.39, 0.29) is 23.8 Å². The van der Waals surface area contributed by atoms with Crippen molar-refractivity contribution in [2.75, 3.05) is 26.0 Å². The van der Waals surface area contributed by atoms with Crippen LogP contribution < -0.4 is 10.1 Å². The number of carbonyl (C=O) groups is 1. The number of anilines is 1. The molecule has 0 atom stereocenters. The highest BCUT2D eigenvalue weighted by molar-refractivity contribution is 7.89. The van der Waals surface area contributed by atoms with Gasteiger partial charge in [0.15, 0.2) is 5.82 Å². The Morgan fingerprint density at radius 3 is 2.69 bits per heavy atom. The van der Waals surface area contributed by atoms with Gasteiger partial charge in [-0.3, -0.25) is 4.79 Å². The Labute approximate surface area is 206 Å². The minimum Gasteiger partial charge on any atom is -0.497 e. The number of aryl methyl sites for hydroxylation is 1. The lowest BCUT2D eigenvalue weighted by Gasteiger charge is -2.17. The topological polar surface area (TPSA) is 106 Å². The maximum Gasteiger partial charge on any atom is 0.242 e. The second-order valence-electron chi connectivity index (χ2n) is 8.64. The zero-order valence-electron chi connectivity index (χ0n) is 20.1. The lowest BCUT2D eigenvalue weighted by molar-refractivity contribution is -0.116. The van der Waals surface area contributed by atoms with Gasteiger partial charge in [0, 0.05) is 44.2 Å². The maximum absolute atomic E-state index is 12.7. The lowest BCUT2D eigenvalue weighted by atomic mass is 10.1. The first-order valence-electron chi connectivity index (χ1n) is 11.8. The van der Waals surface area contributed by atoms with Gasteiger partial charge in [-0.25, -0.2) is 12.7 Å². The summed E-state index contributed by atoms with van der Waals surface area (Å²) >= 11 is 0. The quantitative estimate of drug-likeness (QED) is 0.483. The number of fused-ring (bicyclic) bond motifs is 1. The summed E-state index contributed by atoms with van der Waals surface area (Å²) in [4.78, 5) is 12.7. The van der Waals surface area contributed by atoms with E-state index in [0.717, 1.165) is 43.0 Å². The molecule has 1 N–H and O–H groups in total. The van der Waals surface area contributed by atoms with Gasteiger partial charge in [0.2, 0.25) is 15.9 Å². The van der Waals surface area contributed by atoms with Crippen LogP contribution in [0.1, 0.15) is 37.9 Å². The molecular formula is C25H31N5O4S. The van der Waals surface area contributed by atoms with Gasteiger partial charge in [0.25, 0.3) is 0 Å². The lowest BCUT2D eigenvalue weighted by Crippen LogP contribution is -2.28. The van der Waals surface area contributed by atoms with Gasteiger partial charge in [-0.15, -0.1) is 10.2 Å². The number of methoxy groups -OCH3 is 1. The molecule has 0 radical (unpaired) electrons. The van der Waals surface area contributed by atoms with E-state index in [9.17, 15) is 13.2 Å². The molecule has 3 aromatic rings. The molecule has 9 nitrogen and oxygen atoms in total. The first-order chi connectivity index (χ1) is 16.9. The van der Waals surface area contributed by atoms with E-state index in [2.05, 4.69) is 20.1 Å². The van der Waals surface area contributed by atoms with Crippen LogP contribution >= 0.6 is 0 Å². The zero-order valence-corrected chi connectivity index (χ0v) is 20.9. The van der Waals surface area contributed by atoms with Crippen molar-refractivity contribution in [3.63, 3.8) is 0 Å². The minimum absolute atomic E-state index is 0.169. The molecule has 0 unspecified atom stereocenters. The Bertz CT molecular complexity index is 1270. The van der Waals surface area contributed by atoms with Crippen molar-refractivity contribution in [2.24, 2.45) is 0 Å². The molecule has 0 saturated carbocycles. The van der Waals surface area contributed by atoms with Crippen molar-refractivity contribution in [3.05, 3.63) is 54.4 Å². The zero-order chi connectivity index (χ0) is 24.8. The SMILES string of the molecule is COc1ccc(S(=O)(=O)N(C)CCCC(=O)Nc2cccc(-c3nnc4n3CCCCC4)c2)cc1. The van der Waals surface area contributed by atoms with E-state index in [1.807, 2.05) is 24.3 Å². The van der Waals surface area contributed by atoms with E-state index in [1.165, 1.54) is 37.0 Å². The highest BCUT2D eigenvalue weighted by Crippen LogP contribution is 2.25. The Kier molecular flexibility index (Phi) is 7.82. The molecule has 0 fully saturated rings. The van der Waals surface area contributed by atoms with Crippen LogP contribution in [0.25, 0.3) is 11.4 Å². The molecule has 0 spiro atoms. The van der Waals surface area contributed by atoms with E-state index in [0.29, 0.717) is 17.9 Å². The predicted molar refractivity (Wildman–Crippen MR) is 134 cm³/mol. The first-order valence-corrected chi connectivity index (χ1v) is 13.3. The standard InChI is InChI=1S/C25H31N5O4S/c1-29(35(32,33)22-14-12-21(34-2)13-15-22)16-7-11-24(31)26-20-9-6-8-19(18-20)25-28-27-23-10-4-3-5-17-30(23)25/h6,8-9,12-15,18H,3-5,7,10-11,16-17H2,1-2H3,(H,26,31). The summed E-state index contributed by atoms with van der Waals surface area (Å²) in [6.45, 7) is 1.13. The Hall–Kier alpha value is -3.24. The summed E-state index contributed by atoms with van der Waals surface area (Å²) < 4.78 is 34.0. The Morgan fingerprint density at radius 2 is 1.91 bits per heavy atom. The van der Waals surface area contributed by atoms with Gasteiger partial charge in [0.05, 0.1) is 12.0 Å². The van der Waals surface area contributed by atoms with Crippen LogP contribution in [0.3, 0.4) is 0 Å². The number of hydrogen-bond donors (Lipinski definition) is 1. The predicted octanol–water partition coefficient (Wildman–Crippen LogP) is 3.72. The number of rotatable bonds is 9. The molecule has 35 heavy (non-hydrogen) atoms. The third-order valence-corrected chi connectivity index (χ3v) is 8.03. The van der Waals surface area contributed by atoms with Crippen LogP contribution in [-0.2, 0) is 27.8 Å². The third-order valence-electron chi connectivity index (χ3n) is 6.16. The van der Waals surface area contributed by atoms with Gasteiger partial charge >= 0.3 is 0 Å².